The van der Waals surface area contributed by atoms with Gasteiger partial charge in [0, 0.05) is 36.8 Å². The van der Waals surface area contributed by atoms with E-state index in [-0.39, 0.29) is 12.5 Å². The van der Waals surface area contributed by atoms with Crippen molar-refractivity contribution < 1.29 is 17.9 Å². The van der Waals surface area contributed by atoms with Crippen LogP contribution in [0.15, 0.2) is 24.3 Å². The Bertz CT molecular complexity index is 816. The van der Waals surface area contributed by atoms with Crippen molar-refractivity contribution >= 4 is 21.1 Å². The van der Waals surface area contributed by atoms with Gasteiger partial charge in [-0.15, -0.1) is 0 Å². The summed E-state index contributed by atoms with van der Waals surface area (Å²) in [5.41, 5.74) is 1.77. The molecule has 7 nitrogen and oxygen atoms in total. The summed E-state index contributed by atoms with van der Waals surface area (Å²) in [4.78, 5) is 3.23. The molecule has 1 aromatic heterocycles. The zero-order valence-electron chi connectivity index (χ0n) is 14.6. The molecule has 0 radical (unpaired) electrons. The third kappa shape index (κ3) is 4.33. The van der Waals surface area contributed by atoms with Crippen molar-refractivity contribution in [3.8, 4) is 5.75 Å². The summed E-state index contributed by atoms with van der Waals surface area (Å²) in [6, 6.07) is 7.65. The minimum absolute atomic E-state index is 0.227. The van der Waals surface area contributed by atoms with Crippen LogP contribution in [0.1, 0.15) is 18.5 Å². The van der Waals surface area contributed by atoms with Gasteiger partial charge in [0.1, 0.15) is 5.75 Å². The molecule has 0 unspecified atom stereocenters. The molecular weight excluding hydrogens is 342 g/mol. The van der Waals surface area contributed by atoms with Gasteiger partial charge in [0.2, 0.25) is 0 Å². The minimum atomic E-state index is -3.50. The Morgan fingerprint density at radius 1 is 1.32 bits per heavy atom. The molecule has 1 fully saturated rings. The molecule has 1 atom stereocenters. The van der Waals surface area contributed by atoms with Crippen LogP contribution in [-0.2, 0) is 21.5 Å². The Morgan fingerprint density at radius 3 is 2.92 bits per heavy atom. The van der Waals surface area contributed by atoms with Crippen molar-refractivity contribution in [2.45, 2.75) is 19.4 Å². The number of hydrogen-bond acceptors (Lipinski definition) is 4. The molecule has 25 heavy (non-hydrogen) atoms. The fourth-order valence-electron chi connectivity index (χ4n) is 3.27. The van der Waals surface area contributed by atoms with Gasteiger partial charge in [0.15, 0.2) is 0 Å². The molecule has 1 aliphatic rings. The van der Waals surface area contributed by atoms with Crippen LogP contribution in [0.4, 0.5) is 0 Å². The van der Waals surface area contributed by atoms with E-state index in [2.05, 4.69) is 9.71 Å². The lowest BCUT2D eigenvalue weighted by Gasteiger charge is -2.31. The fraction of sp³-hybridized carbons (Fsp3) is 0.529. The SMILES string of the molecule is COC[C@H]1CCCN(S(=O)(=O)NCc2cc3cc(OC)ccc3[nH]2)C1. The predicted molar refractivity (Wildman–Crippen MR) is 96.8 cm³/mol. The molecule has 1 saturated heterocycles. The molecule has 3 rings (SSSR count). The first-order valence-electron chi connectivity index (χ1n) is 8.41. The number of piperidine rings is 1. The lowest BCUT2D eigenvalue weighted by atomic mass is 10.0. The molecule has 2 aromatic rings. The van der Waals surface area contributed by atoms with E-state index in [1.165, 1.54) is 4.31 Å². The lowest BCUT2D eigenvalue weighted by molar-refractivity contribution is 0.118. The van der Waals surface area contributed by atoms with E-state index in [1.807, 2.05) is 24.3 Å². The maximum Gasteiger partial charge on any atom is 0.279 e. The normalized spacial score (nSPS) is 19.4. The number of nitrogens with one attached hydrogen (secondary N) is 2. The molecule has 0 amide bonds. The van der Waals surface area contributed by atoms with Crippen molar-refractivity contribution in [3.63, 3.8) is 0 Å². The van der Waals surface area contributed by atoms with E-state index in [9.17, 15) is 8.42 Å². The summed E-state index contributed by atoms with van der Waals surface area (Å²) in [6.07, 6.45) is 1.87. The zero-order valence-corrected chi connectivity index (χ0v) is 15.4. The van der Waals surface area contributed by atoms with E-state index in [0.717, 1.165) is 35.2 Å². The second kappa shape index (κ2) is 7.74. The van der Waals surface area contributed by atoms with E-state index in [4.69, 9.17) is 9.47 Å². The van der Waals surface area contributed by atoms with Crippen molar-refractivity contribution in [2.75, 3.05) is 33.9 Å². The number of H-pyrrole nitrogens is 1. The van der Waals surface area contributed by atoms with Gasteiger partial charge in [-0.05, 0) is 43.0 Å². The molecule has 1 aliphatic heterocycles. The van der Waals surface area contributed by atoms with Gasteiger partial charge in [0.25, 0.3) is 10.2 Å². The lowest BCUT2D eigenvalue weighted by Crippen LogP contribution is -2.46. The van der Waals surface area contributed by atoms with E-state index >= 15 is 0 Å². The first-order valence-corrected chi connectivity index (χ1v) is 9.85. The first kappa shape index (κ1) is 18.2. The monoisotopic (exact) mass is 367 g/mol. The summed E-state index contributed by atoms with van der Waals surface area (Å²) in [5, 5.41) is 0.992. The number of fused-ring (bicyclic) bond motifs is 1. The highest BCUT2D eigenvalue weighted by atomic mass is 32.2. The van der Waals surface area contributed by atoms with Crippen LogP contribution in [-0.4, -0.2) is 51.6 Å². The standard InChI is InChI=1S/C17H25N3O4S/c1-23-12-13-4-3-7-20(11-13)25(21,22)18-10-15-8-14-9-16(24-2)5-6-17(14)19-15/h5-6,8-9,13,18-19H,3-4,7,10-12H2,1-2H3/t13-/m0/s1. The van der Waals surface area contributed by atoms with Gasteiger partial charge < -0.3 is 14.5 Å². The number of hydrogen-bond donors (Lipinski definition) is 2. The topological polar surface area (TPSA) is 83.7 Å². The summed E-state index contributed by atoms with van der Waals surface area (Å²) in [7, 11) is -0.227. The van der Waals surface area contributed by atoms with Crippen molar-refractivity contribution in [2.24, 2.45) is 5.92 Å². The number of methoxy groups -OCH3 is 2. The Kier molecular flexibility index (Phi) is 5.63. The second-order valence-corrected chi connectivity index (χ2v) is 8.15. The summed E-state index contributed by atoms with van der Waals surface area (Å²) in [6.45, 7) is 1.88. The average molecular weight is 367 g/mol. The van der Waals surface area contributed by atoms with Crippen LogP contribution in [0.25, 0.3) is 10.9 Å². The number of rotatable bonds is 7. The average Bonchev–Trinajstić information content (AvgIpc) is 3.02. The van der Waals surface area contributed by atoms with Crippen molar-refractivity contribution in [1.82, 2.24) is 14.0 Å². The van der Waals surface area contributed by atoms with E-state index < -0.39 is 10.2 Å². The molecule has 8 heteroatoms. The van der Waals surface area contributed by atoms with Crippen molar-refractivity contribution in [1.29, 1.82) is 0 Å². The predicted octanol–water partition coefficient (Wildman–Crippen LogP) is 1.87. The molecule has 0 spiro atoms. The largest absolute Gasteiger partial charge is 0.497 e. The molecule has 138 valence electrons. The van der Waals surface area contributed by atoms with Gasteiger partial charge in [-0.1, -0.05) is 0 Å². The number of nitrogens with zero attached hydrogens (tertiary/aromatic N) is 1. The van der Waals surface area contributed by atoms with Crippen LogP contribution in [0.3, 0.4) is 0 Å². The third-order valence-electron chi connectivity index (χ3n) is 4.55. The maximum atomic E-state index is 12.6. The molecular formula is C17H25N3O4S. The Labute approximate surface area is 148 Å². The third-order valence-corrected chi connectivity index (χ3v) is 6.07. The van der Waals surface area contributed by atoms with Crippen LogP contribution in [0, 0.1) is 5.92 Å². The summed E-state index contributed by atoms with van der Waals surface area (Å²) < 4.78 is 39.7. The zero-order chi connectivity index (χ0) is 17.9. The smallest absolute Gasteiger partial charge is 0.279 e. The van der Waals surface area contributed by atoms with Crippen LogP contribution >= 0.6 is 0 Å². The fourth-order valence-corrected chi connectivity index (χ4v) is 4.57. The molecule has 0 bridgehead atoms. The highest BCUT2D eigenvalue weighted by Crippen LogP contribution is 2.22. The van der Waals surface area contributed by atoms with E-state index in [1.54, 1.807) is 14.2 Å². The Balaban J connectivity index is 1.65. The van der Waals surface area contributed by atoms with Gasteiger partial charge in [-0.25, -0.2) is 0 Å². The number of aromatic amines is 1. The highest BCUT2D eigenvalue weighted by molar-refractivity contribution is 7.87. The number of benzene rings is 1. The minimum Gasteiger partial charge on any atom is -0.497 e. The summed E-state index contributed by atoms with van der Waals surface area (Å²) >= 11 is 0. The van der Waals surface area contributed by atoms with Crippen LogP contribution in [0.5, 0.6) is 5.75 Å². The van der Waals surface area contributed by atoms with Gasteiger partial charge in [-0.2, -0.15) is 17.4 Å². The Morgan fingerprint density at radius 2 is 2.16 bits per heavy atom. The van der Waals surface area contributed by atoms with Crippen LogP contribution < -0.4 is 9.46 Å². The first-order chi connectivity index (χ1) is 12.0. The van der Waals surface area contributed by atoms with Crippen molar-refractivity contribution in [3.05, 3.63) is 30.0 Å². The van der Waals surface area contributed by atoms with Crippen LogP contribution in [0.2, 0.25) is 0 Å². The molecule has 0 aliphatic carbocycles. The maximum absolute atomic E-state index is 12.6. The second-order valence-electron chi connectivity index (χ2n) is 6.40. The van der Waals surface area contributed by atoms with Gasteiger partial charge in [-0.3, -0.25) is 0 Å². The molecule has 2 heterocycles. The number of ether oxygens (including phenoxy) is 2. The molecule has 1 aromatic carbocycles. The Hall–Kier alpha value is -1.61. The van der Waals surface area contributed by atoms with E-state index in [0.29, 0.717) is 19.7 Å². The molecule has 2 N–H and O–H groups in total. The number of aromatic nitrogens is 1. The summed E-state index contributed by atoms with van der Waals surface area (Å²) in [5.74, 6) is 1.03. The molecule has 0 saturated carbocycles. The van der Waals surface area contributed by atoms with Gasteiger partial charge >= 0.3 is 0 Å². The quantitative estimate of drug-likeness (QED) is 0.783. The van der Waals surface area contributed by atoms with Gasteiger partial charge in [0.05, 0.1) is 20.3 Å². The highest BCUT2D eigenvalue weighted by Gasteiger charge is 2.28.